The number of hydrogen-bond acceptors (Lipinski definition) is 5. The molecule has 116 valence electrons. The van der Waals surface area contributed by atoms with Crippen LogP contribution in [0.4, 0.5) is 0 Å². The van der Waals surface area contributed by atoms with Gasteiger partial charge in [-0.3, -0.25) is 4.79 Å². The molecule has 0 spiro atoms. The van der Waals surface area contributed by atoms with Crippen molar-refractivity contribution in [3.63, 3.8) is 0 Å². The van der Waals surface area contributed by atoms with Crippen molar-refractivity contribution in [2.45, 2.75) is 26.3 Å². The number of rotatable bonds is 7. The first kappa shape index (κ1) is 16.0. The molecule has 6 heteroatoms. The molecule has 0 radical (unpaired) electrons. The van der Waals surface area contributed by atoms with Crippen LogP contribution in [0.1, 0.15) is 25.3 Å². The standard InChI is InChI=1S/C16H19N3O3/c1-3-8-22-9-4-6-19-7-5-14-13(16(19)20)10-12(11-17)15(18-14)21-2/h5,7,10H,3-4,6,8-9H2,1-2H3. The number of nitriles is 1. The second-order valence-electron chi connectivity index (χ2n) is 4.87. The van der Waals surface area contributed by atoms with Gasteiger partial charge in [-0.1, -0.05) is 6.92 Å². The van der Waals surface area contributed by atoms with Crippen LogP contribution >= 0.6 is 0 Å². The number of nitrogens with zero attached hydrogens (tertiary/aromatic N) is 3. The Kier molecular flexibility index (Phi) is 5.50. The highest BCUT2D eigenvalue weighted by Gasteiger charge is 2.10. The molecule has 0 aliphatic heterocycles. The van der Waals surface area contributed by atoms with Crippen molar-refractivity contribution in [1.29, 1.82) is 5.26 Å². The maximum absolute atomic E-state index is 12.4. The van der Waals surface area contributed by atoms with E-state index in [1.54, 1.807) is 16.8 Å². The molecule has 0 aromatic carbocycles. The first-order chi connectivity index (χ1) is 10.7. The number of aryl methyl sites for hydroxylation is 1. The van der Waals surface area contributed by atoms with E-state index in [2.05, 4.69) is 11.9 Å². The van der Waals surface area contributed by atoms with Gasteiger partial charge in [0, 0.05) is 26.0 Å². The maximum atomic E-state index is 12.4. The Morgan fingerprint density at radius 1 is 1.41 bits per heavy atom. The number of ether oxygens (including phenoxy) is 2. The monoisotopic (exact) mass is 301 g/mol. The molecular weight excluding hydrogens is 282 g/mol. The molecule has 6 nitrogen and oxygen atoms in total. The van der Waals surface area contributed by atoms with Gasteiger partial charge >= 0.3 is 0 Å². The minimum absolute atomic E-state index is 0.153. The highest BCUT2D eigenvalue weighted by Crippen LogP contribution is 2.19. The quantitative estimate of drug-likeness (QED) is 0.732. The van der Waals surface area contributed by atoms with E-state index >= 15 is 0 Å². The number of hydrogen-bond donors (Lipinski definition) is 0. The van der Waals surface area contributed by atoms with Crippen molar-refractivity contribution in [1.82, 2.24) is 9.55 Å². The SMILES string of the molecule is CCCOCCCn1ccc2nc(OC)c(C#N)cc2c1=O. The fourth-order valence-electron chi connectivity index (χ4n) is 2.19. The van der Waals surface area contributed by atoms with Crippen molar-refractivity contribution in [3.8, 4) is 11.9 Å². The van der Waals surface area contributed by atoms with Gasteiger partial charge < -0.3 is 14.0 Å². The highest BCUT2D eigenvalue weighted by molar-refractivity contribution is 5.79. The van der Waals surface area contributed by atoms with Gasteiger partial charge in [-0.25, -0.2) is 4.98 Å². The van der Waals surface area contributed by atoms with Crippen LogP contribution in [0.15, 0.2) is 23.1 Å². The second kappa shape index (κ2) is 7.57. The summed E-state index contributed by atoms with van der Waals surface area (Å²) in [5, 5.41) is 9.52. The lowest BCUT2D eigenvalue weighted by Crippen LogP contribution is -2.20. The Balaban J connectivity index is 2.26. The summed E-state index contributed by atoms with van der Waals surface area (Å²) in [6.45, 7) is 4.00. The Morgan fingerprint density at radius 3 is 2.91 bits per heavy atom. The zero-order valence-electron chi connectivity index (χ0n) is 12.8. The van der Waals surface area contributed by atoms with E-state index in [1.165, 1.54) is 13.2 Å². The van der Waals surface area contributed by atoms with Gasteiger partial charge in [0.1, 0.15) is 11.6 Å². The summed E-state index contributed by atoms with van der Waals surface area (Å²) >= 11 is 0. The highest BCUT2D eigenvalue weighted by atomic mass is 16.5. The Labute approximate surface area is 128 Å². The molecule has 0 atom stereocenters. The van der Waals surface area contributed by atoms with Gasteiger partial charge in [0.2, 0.25) is 5.88 Å². The van der Waals surface area contributed by atoms with Crippen LogP contribution in [-0.4, -0.2) is 29.9 Å². The predicted molar refractivity (Wildman–Crippen MR) is 83.0 cm³/mol. The summed E-state index contributed by atoms with van der Waals surface area (Å²) < 4.78 is 12.1. The molecule has 0 unspecified atom stereocenters. The lowest BCUT2D eigenvalue weighted by molar-refractivity contribution is 0.129. The summed E-state index contributed by atoms with van der Waals surface area (Å²) in [5.41, 5.74) is 0.634. The number of methoxy groups -OCH3 is 1. The number of fused-ring (bicyclic) bond motifs is 1. The summed E-state index contributed by atoms with van der Waals surface area (Å²) in [7, 11) is 1.45. The third-order valence-corrected chi connectivity index (χ3v) is 3.27. The summed E-state index contributed by atoms with van der Waals surface area (Å²) in [6, 6.07) is 5.29. The normalized spacial score (nSPS) is 10.6. The average Bonchev–Trinajstić information content (AvgIpc) is 2.55. The molecule has 2 aromatic rings. The molecular formula is C16H19N3O3. The minimum atomic E-state index is -0.153. The average molecular weight is 301 g/mol. The second-order valence-corrected chi connectivity index (χ2v) is 4.87. The van der Waals surface area contributed by atoms with Crippen LogP contribution in [0.2, 0.25) is 0 Å². The largest absolute Gasteiger partial charge is 0.480 e. The Morgan fingerprint density at radius 2 is 2.23 bits per heavy atom. The molecule has 0 bridgehead atoms. The fourth-order valence-corrected chi connectivity index (χ4v) is 2.19. The van der Waals surface area contributed by atoms with Gasteiger partial charge in [-0.2, -0.15) is 5.26 Å². The zero-order valence-corrected chi connectivity index (χ0v) is 12.8. The van der Waals surface area contributed by atoms with Crippen molar-refractivity contribution >= 4 is 10.9 Å². The molecule has 0 saturated carbocycles. The minimum Gasteiger partial charge on any atom is -0.480 e. The fraction of sp³-hybridized carbons (Fsp3) is 0.438. The van der Waals surface area contributed by atoms with Crippen molar-refractivity contribution in [2.75, 3.05) is 20.3 Å². The molecule has 0 amide bonds. The summed E-state index contributed by atoms with van der Waals surface area (Å²) in [6.07, 6.45) is 3.46. The third kappa shape index (κ3) is 3.43. The predicted octanol–water partition coefficient (Wildman–Crippen LogP) is 2.09. The molecule has 0 aliphatic carbocycles. The van der Waals surface area contributed by atoms with Crippen LogP contribution in [0.5, 0.6) is 5.88 Å². The number of aromatic nitrogens is 2. The molecule has 0 fully saturated rings. The lowest BCUT2D eigenvalue weighted by atomic mass is 10.2. The van der Waals surface area contributed by atoms with E-state index in [0.717, 1.165) is 19.4 Å². The van der Waals surface area contributed by atoms with Crippen LogP contribution in [0, 0.1) is 11.3 Å². The van der Waals surface area contributed by atoms with Crippen molar-refractivity contribution < 1.29 is 9.47 Å². The molecule has 2 heterocycles. The van der Waals surface area contributed by atoms with Gasteiger partial charge in [0.25, 0.3) is 5.56 Å². The summed E-state index contributed by atoms with van der Waals surface area (Å²) in [5.74, 6) is 0.236. The summed E-state index contributed by atoms with van der Waals surface area (Å²) in [4.78, 5) is 16.7. The van der Waals surface area contributed by atoms with Crippen molar-refractivity contribution in [2.24, 2.45) is 0 Å². The first-order valence-corrected chi connectivity index (χ1v) is 7.27. The van der Waals surface area contributed by atoms with E-state index in [9.17, 15) is 4.79 Å². The van der Waals surface area contributed by atoms with Gasteiger partial charge in [0.05, 0.1) is 18.0 Å². The molecule has 2 aromatic heterocycles. The lowest BCUT2D eigenvalue weighted by Gasteiger charge is -2.09. The molecule has 0 saturated heterocycles. The van der Waals surface area contributed by atoms with Gasteiger partial charge in [-0.05, 0) is 25.0 Å². The van der Waals surface area contributed by atoms with E-state index in [4.69, 9.17) is 14.7 Å². The smallest absolute Gasteiger partial charge is 0.260 e. The van der Waals surface area contributed by atoms with Crippen LogP contribution in [0.3, 0.4) is 0 Å². The van der Waals surface area contributed by atoms with Crippen LogP contribution in [-0.2, 0) is 11.3 Å². The van der Waals surface area contributed by atoms with Crippen LogP contribution in [0.25, 0.3) is 10.9 Å². The first-order valence-electron chi connectivity index (χ1n) is 7.27. The van der Waals surface area contributed by atoms with E-state index in [1.807, 2.05) is 6.07 Å². The van der Waals surface area contributed by atoms with Crippen LogP contribution < -0.4 is 10.3 Å². The van der Waals surface area contributed by atoms with Gasteiger partial charge in [0.15, 0.2) is 0 Å². The van der Waals surface area contributed by atoms with E-state index in [-0.39, 0.29) is 17.0 Å². The van der Waals surface area contributed by atoms with Crippen molar-refractivity contribution in [3.05, 3.63) is 34.2 Å². The zero-order chi connectivity index (χ0) is 15.9. The Hall–Kier alpha value is -2.39. The van der Waals surface area contributed by atoms with E-state index < -0.39 is 0 Å². The molecule has 2 rings (SSSR count). The van der Waals surface area contributed by atoms with E-state index in [0.29, 0.717) is 24.1 Å². The molecule has 0 N–H and O–H groups in total. The molecule has 22 heavy (non-hydrogen) atoms. The topological polar surface area (TPSA) is 77.1 Å². The Bertz CT molecular complexity index is 747. The number of pyridine rings is 2. The van der Waals surface area contributed by atoms with Gasteiger partial charge in [-0.15, -0.1) is 0 Å². The third-order valence-electron chi connectivity index (χ3n) is 3.27. The maximum Gasteiger partial charge on any atom is 0.260 e. The molecule has 0 aliphatic rings.